The van der Waals surface area contributed by atoms with E-state index in [1.165, 1.54) is 13.3 Å². The van der Waals surface area contributed by atoms with E-state index in [0.717, 1.165) is 16.9 Å². The number of pyridine rings is 2. The van der Waals surface area contributed by atoms with Gasteiger partial charge >= 0.3 is 5.97 Å². The molecule has 2 rings (SSSR count). The number of carbonyl (C=O) groups is 1. The minimum atomic E-state index is -0.431. The molecular weight excluding hydrogens is 278 g/mol. The predicted octanol–water partition coefficient (Wildman–Crippen LogP) is 3.77. The van der Waals surface area contributed by atoms with Crippen molar-refractivity contribution in [3.63, 3.8) is 0 Å². The lowest BCUT2D eigenvalue weighted by Gasteiger charge is -2.16. The number of nitrogens with zero attached hydrogens (tertiary/aromatic N) is 2. The highest BCUT2D eigenvalue weighted by Gasteiger charge is 2.14. The van der Waals surface area contributed by atoms with E-state index in [4.69, 9.17) is 4.74 Å². The third kappa shape index (κ3) is 3.31. The van der Waals surface area contributed by atoms with Crippen molar-refractivity contribution in [2.75, 3.05) is 12.4 Å². The number of hydrogen-bond donors (Lipinski definition) is 1. The zero-order valence-corrected chi connectivity index (χ0v) is 13.0. The Morgan fingerprint density at radius 3 is 2.77 bits per heavy atom. The van der Waals surface area contributed by atoms with Crippen LogP contribution in [0.25, 0.3) is 6.08 Å². The Kier molecular flexibility index (Phi) is 4.88. The minimum absolute atomic E-state index is 0.289. The van der Waals surface area contributed by atoms with E-state index in [0.29, 0.717) is 11.3 Å². The van der Waals surface area contributed by atoms with Gasteiger partial charge in [0.05, 0.1) is 18.5 Å². The van der Waals surface area contributed by atoms with Gasteiger partial charge < -0.3 is 10.1 Å². The van der Waals surface area contributed by atoms with Gasteiger partial charge in [0.2, 0.25) is 0 Å². The van der Waals surface area contributed by atoms with Crippen LogP contribution in [0.5, 0.6) is 0 Å². The van der Waals surface area contributed by atoms with Gasteiger partial charge in [-0.2, -0.15) is 0 Å². The Morgan fingerprint density at radius 2 is 2.14 bits per heavy atom. The molecule has 2 aromatic rings. The highest BCUT2D eigenvalue weighted by atomic mass is 16.5. The molecule has 2 aromatic heterocycles. The molecule has 5 nitrogen and oxygen atoms in total. The number of rotatable bonds is 5. The summed E-state index contributed by atoms with van der Waals surface area (Å²) in [5, 5.41) is 3.28. The Balaban J connectivity index is 2.46. The van der Waals surface area contributed by atoms with Gasteiger partial charge in [0.25, 0.3) is 0 Å². The molecule has 22 heavy (non-hydrogen) atoms. The molecule has 1 N–H and O–H groups in total. The topological polar surface area (TPSA) is 64.1 Å². The van der Waals surface area contributed by atoms with Crippen LogP contribution in [0, 0.1) is 0 Å². The Morgan fingerprint density at radius 1 is 1.36 bits per heavy atom. The predicted molar refractivity (Wildman–Crippen MR) is 87.3 cm³/mol. The number of anilines is 2. The fourth-order valence-electron chi connectivity index (χ4n) is 2.08. The molecule has 0 atom stereocenters. The van der Waals surface area contributed by atoms with Gasteiger partial charge in [-0.15, -0.1) is 0 Å². The summed E-state index contributed by atoms with van der Waals surface area (Å²) in [5.41, 5.74) is 3.73. The molecule has 5 heteroatoms. The number of methoxy groups -OCH3 is 1. The monoisotopic (exact) mass is 297 g/mol. The maximum atomic E-state index is 11.8. The molecular formula is C17H19N3O2. The molecule has 0 aromatic carbocycles. The third-order valence-electron chi connectivity index (χ3n) is 3.28. The summed E-state index contributed by atoms with van der Waals surface area (Å²) in [6, 6.07) is 3.65. The van der Waals surface area contributed by atoms with Crippen molar-refractivity contribution in [3.8, 4) is 0 Å². The zero-order chi connectivity index (χ0) is 16.1. The highest BCUT2D eigenvalue weighted by molar-refractivity contribution is 5.96. The fourth-order valence-corrected chi connectivity index (χ4v) is 2.08. The summed E-state index contributed by atoms with van der Waals surface area (Å²) in [6.45, 7) is 7.91. The van der Waals surface area contributed by atoms with Crippen LogP contribution >= 0.6 is 0 Å². The molecule has 0 bridgehead atoms. The Hall–Kier alpha value is -2.69. The van der Waals surface area contributed by atoms with E-state index in [-0.39, 0.29) is 5.92 Å². The highest BCUT2D eigenvalue weighted by Crippen LogP contribution is 2.29. The number of nitrogens with one attached hydrogen (secondary N) is 1. The van der Waals surface area contributed by atoms with Crippen molar-refractivity contribution in [1.82, 2.24) is 9.97 Å². The van der Waals surface area contributed by atoms with Crippen LogP contribution in [0.1, 0.15) is 41.4 Å². The molecule has 0 spiro atoms. The normalized spacial score (nSPS) is 10.4. The Bertz CT molecular complexity index is 696. The van der Waals surface area contributed by atoms with Crippen molar-refractivity contribution in [2.45, 2.75) is 19.8 Å². The van der Waals surface area contributed by atoms with Gasteiger partial charge in [-0.3, -0.25) is 9.97 Å². The van der Waals surface area contributed by atoms with Crippen LogP contribution in [0.2, 0.25) is 0 Å². The van der Waals surface area contributed by atoms with Gasteiger partial charge in [-0.25, -0.2) is 4.79 Å². The van der Waals surface area contributed by atoms with Crippen molar-refractivity contribution in [1.29, 1.82) is 0 Å². The third-order valence-corrected chi connectivity index (χ3v) is 3.28. The summed E-state index contributed by atoms with van der Waals surface area (Å²) in [7, 11) is 1.35. The summed E-state index contributed by atoms with van der Waals surface area (Å²) in [6.07, 6.45) is 6.62. The first-order valence-corrected chi connectivity index (χ1v) is 6.98. The summed E-state index contributed by atoms with van der Waals surface area (Å²) < 4.78 is 4.79. The lowest BCUT2D eigenvalue weighted by atomic mass is 10.0. The second-order valence-corrected chi connectivity index (χ2v) is 5.09. The van der Waals surface area contributed by atoms with Crippen LogP contribution in [0.15, 0.2) is 37.3 Å². The van der Waals surface area contributed by atoms with Crippen molar-refractivity contribution < 1.29 is 9.53 Å². The van der Waals surface area contributed by atoms with Gasteiger partial charge in [-0.05, 0) is 29.7 Å². The average molecular weight is 297 g/mol. The zero-order valence-electron chi connectivity index (χ0n) is 13.0. The molecule has 0 aliphatic rings. The van der Waals surface area contributed by atoms with E-state index in [2.05, 4.69) is 35.7 Å². The number of hydrogen-bond acceptors (Lipinski definition) is 5. The SMILES string of the molecule is C=Cc1cc(Nc2ccncc2C(=O)OC)c(C(C)C)cn1. The summed E-state index contributed by atoms with van der Waals surface area (Å²) in [5.74, 6) is -0.142. The van der Waals surface area contributed by atoms with Crippen LogP contribution < -0.4 is 5.32 Å². The van der Waals surface area contributed by atoms with Crippen molar-refractivity contribution >= 4 is 23.4 Å². The summed E-state index contributed by atoms with van der Waals surface area (Å²) >= 11 is 0. The summed E-state index contributed by atoms with van der Waals surface area (Å²) in [4.78, 5) is 20.1. The second-order valence-electron chi connectivity index (χ2n) is 5.09. The van der Waals surface area contributed by atoms with Gasteiger partial charge in [0.15, 0.2) is 0 Å². The largest absolute Gasteiger partial charge is 0.465 e. The maximum absolute atomic E-state index is 11.8. The van der Waals surface area contributed by atoms with Crippen LogP contribution in [0.4, 0.5) is 11.4 Å². The molecule has 0 aliphatic heterocycles. The molecule has 0 fully saturated rings. The van der Waals surface area contributed by atoms with E-state index >= 15 is 0 Å². The van der Waals surface area contributed by atoms with E-state index in [9.17, 15) is 4.79 Å². The number of aromatic nitrogens is 2. The van der Waals surface area contributed by atoms with Crippen LogP contribution in [-0.4, -0.2) is 23.0 Å². The molecule has 0 saturated heterocycles. The second kappa shape index (κ2) is 6.85. The first-order valence-electron chi connectivity index (χ1n) is 6.98. The molecule has 0 amide bonds. The molecule has 114 valence electrons. The van der Waals surface area contributed by atoms with Gasteiger partial charge in [-0.1, -0.05) is 20.4 Å². The lowest BCUT2D eigenvalue weighted by Crippen LogP contribution is -2.07. The first kappa shape index (κ1) is 15.7. The van der Waals surface area contributed by atoms with Crippen molar-refractivity contribution in [2.24, 2.45) is 0 Å². The molecule has 0 unspecified atom stereocenters. The molecule has 0 radical (unpaired) electrons. The Labute approximate surface area is 130 Å². The standard InChI is InChI=1S/C17H19N3O2/c1-5-12-8-16(13(10-19-12)11(2)3)20-15-6-7-18-9-14(15)17(21)22-4/h5-11H,1H2,2-4H3,(H,18,19,20). The van der Waals surface area contributed by atoms with E-state index in [1.807, 2.05) is 12.3 Å². The number of ether oxygens (including phenoxy) is 1. The number of esters is 1. The average Bonchev–Trinajstić information content (AvgIpc) is 2.54. The smallest absolute Gasteiger partial charge is 0.341 e. The quantitative estimate of drug-likeness (QED) is 0.851. The number of carbonyl (C=O) groups excluding carboxylic acids is 1. The van der Waals surface area contributed by atoms with E-state index < -0.39 is 5.97 Å². The van der Waals surface area contributed by atoms with Gasteiger partial charge in [0, 0.05) is 24.3 Å². The molecule has 0 aliphatic carbocycles. The first-order chi connectivity index (χ1) is 10.6. The van der Waals surface area contributed by atoms with E-state index in [1.54, 1.807) is 18.3 Å². The lowest BCUT2D eigenvalue weighted by molar-refractivity contribution is 0.0601. The molecule has 2 heterocycles. The van der Waals surface area contributed by atoms with Crippen LogP contribution in [-0.2, 0) is 4.74 Å². The van der Waals surface area contributed by atoms with Crippen LogP contribution in [0.3, 0.4) is 0 Å². The molecule has 0 saturated carbocycles. The minimum Gasteiger partial charge on any atom is -0.465 e. The maximum Gasteiger partial charge on any atom is 0.341 e. The fraction of sp³-hybridized carbons (Fsp3) is 0.235. The van der Waals surface area contributed by atoms with Crippen molar-refractivity contribution in [3.05, 3.63) is 54.1 Å². The van der Waals surface area contributed by atoms with Gasteiger partial charge in [0.1, 0.15) is 5.56 Å².